The molecule has 1 aliphatic rings. The highest BCUT2D eigenvalue weighted by atomic mass is 35.6. The predicted molar refractivity (Wildman–Crippen MR) is 71.5 cm³/mol. The summed E-state index contributed by atoms with van der Waals surface area (Å²) in [6.07, 6.45) is 3.15. The Hall–Kier alpha value is 0.720. The molecule has 0 saturated heterocycles. The molecule has 0 N–H and O–H groups in total. The van der Waals surface area contributed by atoms with Crippen molar-refractivity contribution >= 4 is 64.3 Å². The number of hydrogen-bond donors (Lipinski definition) is 0. The number of hydrogen-bond acceptors (Lipinski definition) is 3. The Bertz CT molecular complexity index is 275. The van der Waals surface area contributed by atoms with Gasteiger partial charge in [-0.05, 0) is 6.42 Å². The molecule has 1 rings (SSSR count). The molecule has 8 heteroatoms. The molecule has 1 atom stereocenters. The number of halogens is 5. The lowest BCUT2D eigenvalue weighted by Gasteiger charge is -2.40. The fourth-order valence-electron chi connectivity index (χ4n) is 1.46. The third-order valence-corrected chi connectivity index (χ3v) is 4.68. The Labute approximate surface area is 120 Å². The van der Waals surface area contributed by atoms with E-state index in [-0.39, 0.29) is 6.17 Å². The molecule has 0 bridgehead atoms. The van der Waals surface area contributed by atoms with Crippen LogP contribution in [0.25, 0.3) is 0 Å². The first-order chi connectivity index (χ1) is 7.21. The van der Waals surface area contributed by atoms with E-state index in [0.29, 0.717) is 0 Å². The molecule has 0 aliphatic carbocycles. The molecule has 16 heavy (non-hydrogen) atoms. The smallest absolute Gasteiger partial charge is 0.241 e. The minimum Gasteiger partial charge on any atom is -0.304 e. The van der Waals surface area contributed by atoms with Crippen LogP contribution in [0.3, 0.4) is 0 Å². The molecular weight excluding hydrogens is 315 g/mol. The van der Waals surface area contributed by atoms with E-state index in [0.717, 1.165) is 12.8 Å². The summed E-state index contributed by atoms with van der Waals surface area (Å²) >= 11 is 29.5. The van der Waals surface area contributed by atoms with Crippen molar-refractivity contribution < 1.29 is 0 Å². The number of alkyl halides is 5. The van der Waals surface area contributed by atoms with Crippen LogP contribution < -0.4 is 0 Å². The van der Waals surface area contributed by atoms with Gasteiger partial charge in [0.15, 0.2) is 0 Å². The summed E-state index contributed by atoms with van der Waals surface area (Å²) in [6, 6.07) is 0. The molecule has 1 unspecified atom stereocenters. The molecule has 0 spiro atoms. The van der Waals surface area contributed by atoms with Crippen molar-refractivity contribution in [3.63, 3.8) is 0 Å². The Morgan fingerprint density at radius 3 is 2.25 bits per heavy atom. The van der Waals surface area contributed by atoms with Crippen molar-refractivity contribution in [2.75, 3.05) is 7.05 Å². The standard InChI is InChI=1S/C8H12Cl5N3/c1-3-4-6-15(2)14-5-16(6)8(12,13)7(9,10)11/h5-6H,3-4H2,1-2H3. The van der Waals surface area contributed by atoms with Gasteiger partial charge in [-0.3, -0.25) is 5.01 Å². The molecular formula is C8H12Cl5N3. The molecule has 0 aromatic heterocycles. The second kappa shape index (κ2) is 5.15. The molecule has 0 radical (unpaired) electrons. The summed E-state index contributed by atoms with van der Waals surface area (Å²) < 4.78 is -3.47. The molecule has 0 fully saturated rings. The van der Waals surface area contributed by atoms with Crippen LogP contribution in [0.2, 0.25) is 0 Å². The van der Waals surface area contributed by atoms with Crippen molar-refractivity contribution in [2.45, 2.75) is 34.2 Å². The van der Waals surface area contributed by atoms with Gasteiger partial charge in [0, 0.05) is 7.05 Å². The Balaban J connectivity index is 2.91. The summed E-state index contributed by atoms with van der Waals surface area (Å²) in [5, 5.41) is 5.82. The summed E-state index contributed by atoms with van der Waals surface area (Å²) in [7, 11) is 1.82. The molecule has 1 aliphatic heterocycles. The van der Waals surface area contributed by atoms with E-state index < -0.39 is 8.25 Å². The van der Waals surface area contributed by atoms with E-state index in [2.05, 4.69) is 5.10 Å². The number of nitrogens with zero attached hydrogens (tertiary/aromatic N) is 3. The van der Waals surface area contributed by atoms with Crippen molar-refractivity contribution in [3.05, 3.63) is 0 Å². The highest BCUT2D eigenvalue weighted by molar-refractivity contribution is 6.75. The Kier molecular flexibility index (Phi) is 4.76. The number of hydrazone groups is 1. The molecule has 0 amide bonds. The average Bonchev–Trinajstić information content (AvgIpc) is 2.47. The van der Waals surface area contributed by atoms with Gasteiger partial charge in [0.2, 0.25) is 8.25 Å². The predicted octanol–water partition coefficient (Wildman–Crippen LogP) is 3.80. The molecule has 0 aromatic rings. The second-order valence-electron chi connectivity index (χ2n) is 3.52. The highest BCUT2D eigenvalue weighted by Gasteiger charge is 2.53. The zero-order valence-corrected chi connectivity index (χ0v) is 12.6. The van der Waals surface area contributed by atoms with E-state index in [9.17, 15) is 0 Å². The van der Waals surface area contributed by atoms with Crippen LogP contribution in [0, 0.1) is 0 Å². The van der Waals surface area contributed by atoms with Gasteiger partial charge in [-0.2, -0.15) is 5.10 Å². The molecule has 1 heterocycles. The average molecular weight is 327 g/mol. The highest BCUT2D eigenvalue weighted by Crippen LogP contribution is 2.49. The third-order valence-electron chi connectivity index (χ3n) is 2.32. The normalized spacial score (nSPS) is 22.1. The molecule has 0 saturated carbocycles. The van der Waals surface area contributed by atoms with Crippen LogP contribution in [0.4, 0.5) is 0 Å². The van der Waals surface area contributed by atoms with Crippen LogP contribution in [-0.2, 0) is 0 Å². The van der Waals surface area contributed by atoms with E-state index in [1.54, 1.807) is 9.91 Å². The third kappa shape index (κ3) is 2.75. The van der Waals surface area contributed by atoms with Gasteiger partial charge >= 0.3 is 0 Å². The first-order valence-electron chi connectivity index (χ1n) is 4.71. The summed E-state index contributed by atoms with van der Waals surface area (Å²) in [5.74, 6) is 0. The maximum Gasteiger partial charge on any atom is 0.241 e. The SMILES string of the molecule is CCCC1N(C)N=CN1C(Cl)(Cl)C(Cl)(Cl)Cl. The first kappa shape index (κ1) is 14.8. The zero-order chi connectivity index (χ0) is 12.6. The van der Waals surface area contributed by atoms with Gasteiger partial charge in [0.1, 0.15) is 12.5 Å². The van der Waals surface area contributed by atoms with E-state index in [4.69, 9.17) is 58.0 Å². The fraction of sp³-hybridized carbons (Fsp3) is 0.875. The second-order valence-corrected chi connectivity index (χ2v) is 7.09. The van der Waals surface area contributed by atoms with Gasteiger partial charge < -0.3 is 4.90 Å². The van der Waals surface area contributed by atoms with Gasteiger partial charge in [-0.15, -0.1) is 0 Å². The minimum absolute atomic E-state index is 0.101. The summed E-state index contributed by atoms with van der Waals surface area (Å²) in [5.41, 5.74) is 0. The maximum absolute atomic E-state index is 6.09. The van der Waals surface area contributed by atoms with Crippen molar-refractivity contribution in [1.82, 2.24) is 9.91 Å². The lowest BCUT2D eigenvalue weighted by Crippen LogP contribution is -2.53. The van der Waals surface area contributed by atoms with Gasteiger partial charge in [-0.25, -0.2) is 0 Å². The first-order valence-corrected chi connectivity index (χ1v) is 6.60. The maximum atomic E-state index is 6.09. The van der Waals surface area contributed by atoms with Crippen molar-refractivity contribution in [3.8, 4) is 0 Å². The largest absolute Gasteiger partial charge is 0.304 e. The summed E-state index contributed by atoms with van der Waals surface area (Å²) in [4.78, 5) is 1.55. The van der Waals surface area contributed by atoms with Crippen LogP contribution in [0.1, 0.15) is 19.8 Å². The lowest BCUT2D eigenvalue weighted by atomic mass is 10.2. The van der Waals surface area contributed by atoms with Crippen LogP contribution in [0.15, 0.2) is 5.10 Å². The Morgan fingerprint density at radius 2 is 1.81 bits per heavy atom. The zero-order valence-electron chi connectivity index (χ0n) is 8.80. The van der Waals surface area contributed by atoms with Crippen LogP contribution in [0.5, 0.6) is 0 Å². The molecule has 3 nitrogen and oxygen atoms in total. The Morgan fingerprint density at radius 1 is 1.25 bits per heavy atom. The molecule has 0 aromatic carbocycles. The topological polar surface area (TPSA) is 18.8 Å². The fourth-order valence-corrected chi connectivity index (χ4v) is 2.07. The van der Waals surface area contributed by atoms with Gasteiger partial charge in [0.05, 0.1) is 0 Å². The monoisotopic (exact) mass is 325 g/mol. The van der Waals surface area contributed by atoms with Crippen LogP contribution in [-0.4, -0.2) is 37.7 Å². The van der Waals surface area contributed by atoms with Crippen molar-refractivity contribution in [2.24, 2.45) is 5.10 Å². The van der Waals surface area contributed by atoms with E-state index in [1.807, 2.05) is 14.0 Å². The minimum atomic E-state index is -1.82. The lowest BCUT2D eigenvalue weighted by molar-refractivity contribution is 0.130. The summed E-state index contributed by atoms with van der Waals surface area (Å²) in [6.45, 7) is 2.05. The molecule has 94 valence electrons. The van der Waals surface area contributed by atoms with E-state index in [1.165, 1.54) is 6.34 Å². The van der Waals surface area contributed by atoms with Crippen LogP contribution >= 0.6 is 58.0 Å². The van der Waals surface area contributed by atoms with Gasteiger partial charge in [0.25, 0.3) is 0 Å². The van der Waals surface area contributed by atoms with Crippen molar-refractivity contribution in [1.29, 1.82) is 0 Å². The quantitative estimate of drug-likeness (QED) is 0.580. The van der Waals surface area contributed by atoms with Gasteiger partial charge in [-0.1, -0.05) is 71.3 Å². The number of rotatable bonds is 3. The van der Waals surface area contributed by atoms with E-state index >= 15 is 0 Å².